The standard InChI is InChI=1S/C19H26N2O2/c22-19(23-16-17-8-2-1-3-9-17)21-15-7-11-18(21)10-6-14-20-12-4-5-13-20/h1-3,6,8-10,18H,4-5,7,11-16H2/b10-6+/t18-/m0/s1. The molecule has 1 aromatic carbocycles. The number of nitrogens with zero attached hydrogens (tertiary/aromatic N) is 2. The fourth-order valence-electron chi connectivity index (χ4n) is 3.35. The van der Waals surface area contributed by atoms with Crippen molar-refractivity contribution in [1.29, 1.82) is 0 Å². The van der Waals surface area contributed by atoms with Crippen molar-refractivity contribution in [2.75, 3.05) is 26.2 Å². The van der Waals surface area contributed by atoms with Gasteiger partial charge in [0.2, 0.25) is 0 Å². The van der Waals surface area contributed by atoms with E-state index in [1.165, 1.54) is 25.9 Å². The molecule has 2 aliphatic rings. The van der Waals surface area contributed by atoms with Gasteiger partial charge in [-0.05, 0) is 44.3 Å². The van der Waals surface area contributed by atoms with E-state index in [1.54, 1.807) is 0 Å². The van der Waals surface area contributed by atoms with Crippen molar-refractivity contribution in [1.82, 2.24) is 9.80 Å². The van der Waals surface area contributed by atoms with E-state index >= 15 is 0 Å². The number of carbonyl (C=O) groups excluding carboxylic acids is 1. The molecular weight excluding hydrogens is 288 g/mol. The summed E-state index contributed by atoms with van der Waals surface area (Å²) < 4.78 is 5.46. The first-order valence-corrected chi connectivity index (χ1v) is 8.69. The molecule has 1 atom stereocenters. The number of likely N-dealkylation sites (tertiary alicyclic amines) is 2. The molecule has 0 saturated carbocycles. The van der Waals surface area contributed by atoms with Crippen molar-refractivity contribution in [2.45, 2.75) is 38.3 Å². The van der Waals surface area contributed by atoms with Crippen LogP contribution in [0.5, 0.6) is 0 Å². The number of rotatable bonds is 5. The molecule has 0 N–H and O–H groups in total. The highest BCUT2D eigenvalue weighted by Crippen LogP contribution is 2.20. The van der Waals surface area contributed by atoms with Crippen molar-refractivity contribution in [2.24, 2.45) is 0 Å². The maximum absolute atomic E-state index is 12.3. The molecule has 4 heteroatoms. The van der Waals surface area contributed by atoms with Crippen molar-refractivity contribution in [3.63, 3.8) is 0 Å². The first-order chi connectivity index (χ1) is 11.3. The number of hydrogen-bond acceptors (Lipinski definition) is 3. The molecule has 1 aromatic rings. The van der Waals surface area contributed by atoms with Crippen LogP contribution in [0.25, 0.3) is 0 Å². The predicted molar refractivity (Wildman–Crippen MR) is 91.2 cm³/mol. The molecule has 4 nitrogen and oxygen atoms in total. The third-order valence-corrected chi connectivity index (χ3v) is 4.66. The van der Waals surface area contributed by atoms with Crippen LogP contribution in [0.4, 0.5) is 4.79 Å². The van der Waals surface area contributed by atoms with Gasteiger partial charge in [0.25, 0.3) is 0 Å². The molecule has 124 valence electrons. The Balaban J connectivity index is 1.47. The SMILES string of the molecule is O=C(OCc1ccccc1)N1CCC[C@@H]1/C=C/CN1CCCC1. The molecule has 0 unspecified atom stereocenters. The van der Waals surface area contributed by atoms with Gasteiger partial charge < -0.3 is 9.64 Å². The average Bonchev–Trinajstić information content (AvgIpc) is 3.25. The minimum Gasteiger partial charge on any atom is -0.445 e. The smallest absolute Gasteiger partial charge is 0.410 e. The Labute approximate surface area is 138 Å². The van der Waals surface area contributed by atoms with Gasteiger partial charge in [-0.2, -0.15) is 0 Å². The highest BCUT2D eigenvalue weighted by Gasteiger charge is 2.27. The van der Waals surface area contributed by atoms with Crippen LogP contribution in [0.1, 0.15) is 31.2 Å². The van der Waals surface area contributed by atoms with E-state index < -0.39 is 0 Å². The fraction of sp³-hybridized carbons (Fsp3) is 0.526. The first-order valence-electron chi connectivity index (χ1n) is 8.69. The summed E-state index contributed by atoms with van der Waals surface area (Å²) in [7, 11) is 0. The highest BCUT2D eigenvalue weighted by molar-refractivity contribution is 5.68. The molecular formula is C19H26N2O2. The van der Waals surface area contributed by atoms with Gasteiger partial charge in [0.15, 0.2) is 0 Å². The predicted octanol–water partition coefficient (Wildman–Crippen LogP) is 3.44. The normalized spacial score (nSPS) is 22.1. The van der Waals surface area contributed by atoms with E-state index in [2.05, 4.69) is 17.1 Å². The Morgan fingerprint density at radius 3 is 2.70 bits per heavy atom. The topological polar surface area (TPSA) is 32.8 Å². The van der Waals surface area contributed by atoms with E-state index in [4.69, 9.17) is 4.74 Å². The molecule has 23 heavy (non-hydrogen) atoms. The van der Waals surface area contributed by atoms with Gasteiger partial charge >= 0.3 is 6.09 Å². The summed E-state index contributed by atoms with van der Waals surface area (Å²) in [5, 5.41) is 0. The van der Waals surface area contributed by atoms with Crippen LogP contribution in [0.2, 0.25) is 0 Å². The average molecular weight is 314 g/mol. The minimum absolute atomic E-state index is 0.192. The van der Waals surface area contributed by atoms with Gasteiger partial charge in [0.05, 0.1) is 6.04 Å². The highest BCUT2D eigenvalue weighted by atomic mass is 16.6. The van der Waals surface area contributed by atoms with Crippen LogP contribution in [-0.2, 0) is 11.3 Å². The van der Waals surface area contributed by atoms with E-state index in [-0.39, 0.29) is 12.1 Å². The maximum Gasteiger partial charge on any atom is 0.410 e. The molecule has 0 aliphatic carbocycles. The fourth-order valence-corrected chi connectivity index (χ4v) is 3.35. The zero-order chi connectivity index (χ0) is 15.9. The summed E-state index contributed by atoms with van der Waals surface area (Å²) >= 11 is 0. The Morgan fingerprint density at radius 1 is 1.13 bits per heavy atom. The van der Waals surface area contributed by atoms with Gasteiger partial charge in [0.1, 0.15) is 6.61 Å². The first kappa shape index (κ1) is 16.1. The third-order valence-electron chi connectivity index (χ3n) is 4.66. The zero-order valence-corrected chi connectivity index (χ0v) is 13.7. The lowest BCUT2D eigenvalue weighted by atomic mass is 10.2. The number of hydrogen-bond donors (Lipinski definition) is 0. The van der Waals surface area contributed by atoms with E-state index in [0.29, 0.717) is 6.61 Å². The van der Waals surface area contributed by atoms with Gasteiger partial charge in [-0.25, -0.2) is 4.79 Å². The Kier molecular flexibility index (Phi) is 5.70. The molecule has 0 radical (unpaired) electrons. The lowest BCUT2D eigenvalue weighted by Gasteiger charge is -2.22. The van der Waals surface area contributed by atoms with E-state index in [0.717, 1.165) is 31.5 Å². The molecule has 0 spiro atoms. The quantitative estimate of drug-likeness (QED) is 0.781. The van der Waals surface area contributed by atoms with Crippen molar-refractivity contribution >= 4 is 6.09 Å². The van der Waals surface area contributed by atoms with E-state index in [1.807, 2.05) is 35.2 Å². The molecule has 0 bridgehead atoms. The molecule has 3 rings (SSSR count). The summed E-state index contributed by atoms with van der Waals surface area (Å²) in [5.74, 6) is 0. The monoisotopic (exact) mass is 314 g/mol. The molecule has 0 aromatic heterocycles. The summed E-state index contributed by atoms with van der Waals surface area (Å²) in [5.41, 5.74) is 1.03. The molecule has 1 amide bonds. The van der Waals surface area contributed by atoms with Gasteiger partial charge in [-0.15, -0.1) is 0 Å². The van der Waals surface area contributed by atoms with Crippen molar-refractivity contribution < 1.29 is 9.53 Å². The van der Waals surface area contributed by atoms with Crippen LogP contribution < -0.4 is 0 Å². The lowest BCUT2D eigenvalue weighted by molar-refractivity contribution is 0.0974. The van der Waals surface area contributed by atoms with Crippen LogP contribution in [-0.4, -0.2) is 48.1 Å². The summed E-state index contributed by atoms with van der Waals surface area (Å²) in [6.45, 7) is 4.56. The molecule has 2 fully saturated rings. The van der Waals surface area contributed by atoms with Gasteiger partial charge in [0, 0.05) is 13.1 Å². The van der Waals surface area contributed by atoms with Crippen LogP contribution in [0.3, 0.4) is 0 Å². The van der Waals surface area contributed by atoms with Crippen LogP contribution in [0, 0.1) is 0 Å². The Bertz CT molecular complexity index is 523. The maximum atomic E-state index is 12.3. The second-order valence-corrected chi connectivity index (χ2v) is 6.38. The summed E-state index contributed by atoms with van der Waals surface area (Å²) in [4.78, 5) is 16.6. The van der Waals surface area contributed by atoms with Gasteiger partial charge in [-0.1, -0.05) is 42.5 Å². The Hall–Kier alpha value is -1.81. The second kappa shape index (κ2) is 8.16. The van der Waals surface area contributed by atoms with Gasteiger partial charge in [-0.3, -0.25) is 4.90 Å². The summed E-state index contributed by atoms with van der Waals surface area (Å²) in [6, 6.07) is 10.0. The van der Waals surface area contributed by atoms with Crippen molar-refractivity contribution in [3.8, 4) is 0 Å². The molecule has 2 saturated heterocycles. The zero-order valence-electron chi connectivity index (χ0n) is 13.7. The van der Waals surface area contributed by atoms with Crippen LogP contribution in [0.15, 0.2) is 42.5 Å². The van der Waals surface area contributed by atoms with Crippen molar-refractivity contribution in [3.05, 3.63) is 48.0 Å². The minimum atomic E-state index is -0.192. The van der Waals surface area contributed by atoms with E-state index in [9.17, 15) is 4.79 Å². The number of amides is 1. The Morgan fingerprint density at radius 2 is 1.91 bits per heavy atom. The number of carbonyl (C=O) groups is 1. The second-order valence-electron chi connectivity index (χ2n) is 6.38. The summed E-state index contributed by atoms with van der Waals surface area (Å²) in [6.07, 6.45) is 8.94. The molecule has 2 aliphatic heterocycles. The molecule has 2 heterocycles. The van der Waals surface area contributed by atoms with Crippen LogP contribution >= 0.6 is 0 Å². The lowest BCUT2D eigenvalue weighted by Crippen LogP contribution is -2.35. The largest absolute Gasteiger partial charge is 0.445 e. The number of ether oxygens (including phenoxy) is 1. The third kappa shape index (κ3) is 4.58. The number of benzene rings is 1.